The zero-order valence-corrected chi connectivity index (χ0v) is 16.6. The Bertz CT molecular complexity index is 1150. The number of fused-ring (bicyclic) bond motifs is 3. The number of ether oxygens (including phenoxy) is 1. The number of aromatic nitrogens is 3. The van der Waals surface area contributed by atoms with E-state index in [1.807, 2.05) is 0 Å². The standard InChI is InChI=1S/C22H23FN4O3/c1-27-8-7-12-9-18(28)15(11-14(12)22(27)29)16-5-6-20(26-25-16)30-19-10-13-3-2-4-17(24-13)21(19)23/h5-9,11,13,17,19,21,24,28H,2-4,10H2,1H3/t13-,17-,19-,21+/m0/s1. The molecule has 2 aliphatic rings. The molecule has 4 atom stereocenters. The molecule has 2 aromatic heterocycles. The average Bonchev–Trinajstić information content (AvgIpc) is 2.75. The normalized spacial score (nSPS) is 25.9. The van der Waals surface area contributed by atoms with Gasteiger partial charge < -0.3 is 19.7 Å². The number of phenolic OH excluding ortho intramolecular Hbond substituents is 1. The van der Waals surface area contributed by atoms with Crippen LogP contribution in [0.2, 0.25) is 0 Å². The van der Waals surface area contributed by atoms with E-state index in [1.165, 1.54) is 4.57 Å². The molecular weight excluding hydrogens is 387 g/mol. The summed E-state index contributed by atoms with van der Waals surface area (Å²) >= 11 is 0. The van der Waals surface area contributed by atoms with E-state index in [-0.39, 0.29) is 29.3 Å². The van der Waals surface area contributed by atoms with Crippen molar-refractivity contribution in [2.75, 3.05) is 0 Å². The topological polar surface area (TPSA) is 89.3 Å². The third kappa shape index (κ3) is 3.31. The molecule has 4 heterocycles. The van der Waals surface area contributed by atoms with Crippen LogP contribution in [0.4, 0.5) is 4.39 Å². The summed E-state index contributed by atoms with van der Waals surface area (Å²) < 4.78 is 22.0. The highest BCUT2D eigenvalue weighted by atomic mass is 19.1. The lowest BCUT2D eigenvalue weighted by molar-refractivity contribution is 0.00652. The summed E-state index contributed by atoms with van der Waals surface area (Å²) in [4.78, 5) is 12.4. The number of rotatable bonds is 3. The number of phenols is 1. The summed E-state index contributed by atoms with van der Waals surface area (Å²) in [6, 6.07) is 8.33. The number of hydrogen-bond donors (Lipinski definition) is 2. The van der Waals surface area contributed by atoms with E-state index in [0.29, 0.717) is 28.5 Å². The SMILES string of the molecule is Cn1ccc2cc(O)c(-c3ccc(O[C@H]4C[C@@H]5CCC[C@H](N5)[C@H]4F)nn3)cc2c1=O. The lowest BCUT2D eigenvalue weighted by Gasteiger charge is -2.42. The highest BCUT2D eigenvalue weighted by Crippen LogP contribution is 2.33. The van der Waals surface area contributed by atoms with Crippen LogP contribution in [0.5, 0.6) is 11.6 Å². The van der Waals surface area contributed by atoms with Crippen LogP contribution in [0.15, 0.2) is 41.3 Å². The molecule has 8 heteroatoms. The number of alkyl halides is 1. The number of pyridine rings is 1. The molecule has 3 aromatic rings. The number of aromatic hydroxyl groups is 1. The van der Waals surface area contributed by atoms with Crippen molar-refractivity contribution in [2.24, 2.45) is 7.05 Å². The summed E-state index contributed by atoms with van der Waals surface area (Å²) in [6.45, 7) is 0. The Morgan fingerprint density at radius 3 is 2.90 bits per heavy atom. The number of hydrogen-bond acceptors (Lipinski definition) is 6. The molecule has 2 bridgehead atoms. The van der Waals surface area contributed by atoms with Crippen molar-refractivity contribution < 1.29 is 14.2 Å². The molecule has 0 saturated carbocycles. The summed E-state index contributed by atoms with van der Waals surface area (Å²) in [5, 5.41) is 23.1. The fourth-order valence-electron chi connectivity index (χ4n) is 4.54. The Kier molecular flexibility index (Phi) is 4.66. The van der Waals surface area contributed by atoms with E-state index in [2.05, 4.69) is 15.5 Å². The molecule has 1 aromatic carbocycles. The van der Waals surface area contributed by atoms with Gasteiger partial charge in [0.2, 0.25) is 5.88 Å². The van der Waals surface area contributed by atoms with Crippen molar-refractivity contribution in [1.82, 2.24) is 20.1 Å². The van der Waals surface area contributed by atoms with Gasteiger partial charge in [-0.15, -0.1) is 10.2 Å². The predicted molar refractivity (Wildman–Crippen MR) is 110 cm³/mol. The molecule has 0 radical (unpaired) electrons. The maximum atomic E-state index is 14.7. The van der Waals surface area contributed by atoms with Crippen LogP contribution in [0.1, 0.15) is 25.7 Å². The minimum Gasteiger partial charge on any atom is -0.507 e. The summed E-state index contributed by atoms with van der Waals surface area (Å²) in [6.07, 6.45) is 3.54. The van der Waals surface area contributed by atoms with Crippen LogP contribution >= 0.6 is 0 Å². The van der Waals surface area contributed by atoms with E-state index in [1.54, 1.807) is 43.6 Å². The number of nitrogens with zero attached hydrogens (tertiary/aromatic N) is 3. The van der Waals surface area contributed by atoms with Crippen molar-refractivity contribution in [3.05, 3.63) is 46.9 Å². The van der Waals surface area contributed by atoms with Crippen LogP contribution in [-0.2, 0) is 7.05 Å². The lowest BCUT2D eigenvalue weighted by atomic mass is 9.84. The number of aryl methyl sites for hydroxylation is 1. The second-order valence-electron chi connectivity index (χ2n) is 8.18. The number of piperidine rings is 2. The van der Waals surface area contributed by atoms with Gasteiger partial charge in [0.05, 0.1) is 5.69 Å². The smallest absolute Gasteiger partial charge is 0.258 e. The molecule has 0 spiro atoms. The van der Waals surface area contributed by atoms with Crippen molar-refractivity contribution in [3.63, 3.8) is 0 Å². The van der Waals surface area contributed by atoms with E-state index >= 15 is 0 Å². The van der Waals surface area contributed by atoms with Gasteiger partial charge in [-0.2, -0.15) is 0 Å². The summed E-state index contributed by atoms with van der Waals surface area (Å²) in [5.74, 6) is 0.260. The first kappa shape index (κ1) is 19.0. The van der Waals surface area contributed by atoms with Crippen LogP contribution in [0, 0.1) is 0 Å². The molecule has 0 aliphatic carbocycles. The molecular formula is C22H23FN4O3. The summed E-state index contributed by atoms with van der Waals surface area (Å²) in [5.41, 5.74) is 0.656. The molecule has 30 heavy (non-hydrogen) atoms. The molecule has 2 N–H and O–H groups in total. The average molecular weight is 410 g/mol. The van der Waals surface area contributed by atoms with Crippen molar-refractivity contribution in [3.8, 4) is 22.9 Å². The minimum atomic E-state index is -1.08. The Hall–Kier alpha value is -3.00. The Labute approximate surface area is 172 Å². The van der Waals surface area contributed by atoms with E-state index in [0.717, 1.165) is 19.3 Å². The zero-order valence-electron chi connectivity index (χ0n) is 16.6. The third-order valence-corrected chi connectivity index (χ3v) is 6.16. The van der Waals surface area contributed by atoms with Crippen LogP contribution in [-0.4, -0.2) is 44.2 Å². The Morgan fingerprint density at radius 1 is 1.23 bits per heavy atom. The molecule has 0 amide bonds. The zero-order chi connectivity index (χ0) is 20.8. The van der Waals surface area contributed by atoms with Crippen LogP contribution in [0.3, 0.4) is 0 Å². The molecule has 0 unspecified atom stereocenters. The fraction of sp³-hybridized carbons (Fsp3) is 0.409. The molecule has 156 valence electrons. The van der Waals surface area contributed by atoms with Gasteiger partial charge in [-0.05, 0) is 42.5 Å². The maximum Gasteiger partial charge on any atom is 0.258 e. The maximum absolute atomic E-state index is 14.7. The minimum absolute atomic E-state index is 0.00808. The van der Waals surface area contributed by atoms with Gasteiger partial charge in [0.25, 0.3) is 5.56 Å². The van der Waals surface area contributed by atoms with Crippen LogP contribution < -0.4 is 15.6 Å². The van der Waals surface area contributed by atoms with Gasteiger partial charge >= 0.3 is 0 Å². The van der Waals surface area contributed by atoms with E-state index in [9.17, 15) is 14.3 Å². The van der Waals surface area contributed by atoms with Crippen LogP contribution in [0.25, 0.3) is 22.0 Å². The molecule has 5 rings (SSSR count). The van der Waals surface area contributed by atoms with Gasteiger partial charge in [-0.3, -0.25) is 4.79 Å². The van der Waals surface area contributed by atoms with Gasteiger partial charge in [-0.1, -0.05) is 6.42 Å². The van der Waals surface area contributed by atoms with Gasteiger partial charge in [-0.25, -0.2) is 4.39 Å². The predicted octanol–water partition coefficient (Wildman–Crippen LogP) is 2.70. The van der Waals surface area contributed by atoms with Crippen molar-refractivity contribution in [2.45, 2.75) is 50.0 Å². The van der Waals surface area contributed by atoms with Gasteiger partial charge in [0.15, 0.2) is 6.17 Å². The quantitative estimate of drug-likeness (QED) is 0.690. The van der Waals surface area contributed by atoms with E-state index in [4.69, 9.17) is 4.74 Å². The second kappa shape index (κ2) is 7.36. The first-order valence-corrected chi connectivity index (χ1v) is 10.2. The molecule has 2 fully saturated rings. The fourth-order valence-corrected chi connectivity index (χ4v) is 4.54. The first-order valence-electron chi connectivity index (χ1n) is 10.2. The van der Waals surface area contributed by atoms with Crippen molar-refractivity contribution >= 4 is 10.8 Å². The Morgan fingerprint density at radius 2 is 2.10 bits per heavy atom. The summed E-state index contributed by atoms with van der Waals surface area (Å²) in [7, 11) is 1.67. The van der Waals surface area contributed by atoms with Gasteiger partial charge in [0, 0.05) is 48.8 Å². The first-order chi connectivity index (χ1) is 14.5. The lowest BCUT2D eigenvalue weighted by Crippen LogP contribution is -2.59. The monoisotopic (exact) mass is 410 g/mol. The number of nitrogens with one attached hydrogen (secondary N) is 1. The van der Waals surface area contributed by atoms with Crippen molar-refractivity contribution in [1.29, 1.82) is 0 Å². The number of halogens is 1. The highest BCUT2D eigenvalue weighted by Gasteiger charge is 2.41. The highest BCUT2D eigenvalue weighted by molar-refractivity contribution is 5.89. The second-order valence-corrected chi connectivity index (χ2v) is 8.18. The third-order valence-electron chi connectivity index (χ3n) is 6.16. The molecule has 7 nitrogen and oxygen atoms in total. The largest absolute Gasteiger partial charge is 0.507 e. The van der Waals surface area contributed by atoms with E-state index < -0.39 is 12.3 Å². The Balaban J connectivity index is 1.41. The molecule has 2 aliphatic heterocycles. The number of benzene rings is 1. The van der Waals surface area contributed by atoms with Gasteiger partial charge in [0.1, 0.15) is 11.9 Å². The molecule has 2 saturated heterocycles.